The van der Waals surface area contributed by atoms with Gasteiger partial charge in [0.25, 0.3) is 5.91 Å². The van der Waals surface area contributed by atoms with Crippen molar-refractivity contribution in [2.75, 3.05) is 20.7 Å². The predicted molar refractivity (Wildman–Crippen MR) is 100 cm³/mol. The van der Waals surface area contributed by atoms with Crippen molar-refractivity contribution < 1.29 is 19.1 Å². The summed E-state index contributed by atoms with van der Waals surface area (Å²) in [4.78, 5) is 26.1. The van der Waals surface area contributed by atoms with E-state index < -0.39 is 12.1 Å². The van der Waals surface area contributed by atoms with Crippen molar-refractivity contribution in [3.63, 3.8) is 0 Å². The van der Waals surface area contributed by atoms with Gasteiger partial charge in [-0.25, -0.2) is 4.79 Å². The van der Waals surface area contributed by atoms with Crippen molar-refractivity contribution in [2.45, 2.75) is 26.9 Å². The molecule has 0 spiro atoms. The van der Waals surface area contributed by atoms with Crippen LogP contribution < -0.4 is 4.74 Å². The molecule has 0 radical (unpaired) electrons. The van der Waals surface area contributed by atoms with E-state index >= 15 is 0 Å². The number of benzene rings is 2. The van der Waals surface area contributed by atoms with Crippen molar-refractivity contribution in [1.29, 1.82) is 0 Å². The van der Waals surface area contributed by atoms with E-state index in [0.29, 0.717) is 11.3 Å². The van der Waals surface area contributed by atoms with Crippen molar-refractivity contribution >= 4 is 11.9 Å². The number of esters is 1. The Labute approximate surface area is 154 Å². The van der Waals surface area contributed by atoms with E-state index in [4.69, 9.17) is 9.47 Å². The van der Waals surface area contributed by atoms with Crippen LogP contribution in [0.15, 0.2) is 42.5 Å². The van der Waals surface area contributed by atoms with Crippen LogP contribution in [0.5, 0.6) is 5.75 Å². The van der Waals surface area contributed by atoms with Gasteiger partial charge in [-0.15, -0.1) is 0 Å². The molecule has 138 valence electrons. The Morgan fingerprint density at radius 3 is 2.12 bits per heavy atom. The second-order valence-corrected chi connectivity index (χ2v) is 6.53. The van der Waals surface area contributed by atoms with Gasteiger partial charge in [0, 0.05) is 19.7 Å². The Balaban J connectivity index is 2.10. The van der Waals surface area contributed by atoms with Gasteiger partial charge in [-0.2, -0.15) is 0 Å². The molecule has 5 heteroatoms. The molecular weight excluding hydrogens is 330 g/mol. The minimum absolute atomic E-state index is 0.255. The molecule has 0 saturated carbocycles. The molecule has 0 bridgehead atoms. The predicted octanol–water partition coefficient (Wildman–Crippen LogP) is 3.36. The van der Waals surface area contributed by atoms with Crippen LogP contribution in [0.25, 0.3) is 0 Å². The van der Waals surface area contributed by atoms with Crippen LogP contribution >= 0.6 is 0 Å². The zero-order valence-electron chi connectivity index (χ0n) is 15.9. The number of aryl methyl sites for hydroxylation is 3. The molecule has 0 fully saturated rings. The van der Waals surface area contributed by atoms with Crippen molar-refractivity contribution in [3.8, 4) is 5.75 Å². The van der Waals surface area contributed by atoms with Crippen LogP contribution in [0.1, 0.15) is 28.4 Å². The summed E-state index contributed by atoms with van der Waals surface area (Å²) >= 11 is 0. The number of amides is 1. The minimum atomic E-state index is -0.984. The average molecular weight is 355 g/mol. The smallest absolute Gasteiger partial charge is 0.345 e. The molecule has 0 aliphatic rings. The molecule has 26 heavy (non-hydrogen) atoms. The SMILES string of the molecule is Cc1cc(C)c(OCC(=O)O[C@@H](C(=O)N(C)C)c2ccccc2)c(C)c1. The zero-order valence-corrected chi connectivity index (χ0v) is 15.9. The van der Waals surface area contributed by atoms with Crippen LogP contribution in [0.4, 0.5) is 0 Å². The van der Waals surface area contributed by atoms with Gasteiger partial charge in [-0.1, -0.05) is 48.0 Å². The summed E-state index contributed by atoms with van der Waals surface area (Å²) in [5, 5.41) is 0. The zero-order chi connectivity index (χ0) is 19.3. The first kappa shape index (κ1) is 19.5. The molecule has 2 rings (SSSR count). The highest BCUT2D eigenvalue weighted by atomic mass is 16.6. The monoisotopic (exact) mass is 355 g/mol. The highest BCUT2D eigenvalue weighted by Gasteiger charge is 2.26. The van der Waals surface area contributed by atoms with E-state index in [1.807, 2.05) is 39.0 Å². The van der Waals surface area contributed by atoms with E-state index in [-0.39, 0.29) is 12.5 Å². The maximum atomic E-state index is 12.4. The number of nitrogens with zero attached hydrogens (tertiary/aromatic N) is 1. The standard InChI is InChI=1S/C21H25NO4/c1-14-11-15(2)19(16(3)12-14)25-13-18(23)26-20(21(24)22(4)5)17-9-7-6-8-10-17/h6-12,20H,13H2,1-5H3/t20-/m1/s1. The third-order valence-corrected chi connectivity index (χ3v) is 3.96. The number of ether oxygens (including phenoxy) is 2. The largest absolute Gasteiger partial charge is 0.481 e. The lowest BCUT2D eigenvalue weighted by Gasteiger charge is -2.21. The second-order valence-electron chi connectivity index (χ2n) is 6.53. The molecule has 2 aromatic carbocycles. The molecule has 0 aromatic heterocycles. The van der Waals surface area contributed by atoms with Crippen LogP contribution in [0.3, 0.4) is 0 Å². The molecule has 0 heterocycles. The maximum Gasteiger partial charge on any atom is 0.345 e. The quantitative estimate of drug-likeness (QED) is 0.746. The van der Waals surface area contributed by atoms with Gasteiger partial charge < -0.3 is 14.4 Å². The van der Waals surface area contributed by atoms with E-state index in [1.54, 1.807) is 38.4 Å². The molecule has 0 N–H and O–H groups in total. The molecule has 0 aliphatic carbocycles. The Bertz CT molecular complexity index is 761. The molecule has 1 atom stereocenters. The fourth-order valence-electron chi connectivity index (χ4n) is 2.81. The lowest BCUT2D eigenvalue weighted by molar-refractivity contribution is -0.161. The van der Waals surface area contributed by atoms with E-state index in [2.05, 4.69) is 0 Å². The third-order valence-electron chi connectivity index (χ3n) is 3.96. The van der Waals surface area contributed by atoms with Gasteiger partial charge in [-0.3, -0.25) is 4.79 Å². The number of carbonyl (C=O) groups is 2. The molecule has 0 saturated heterocycles. The Morgan fingerprint density at radius 1 is 1.00 bits per heavy atom. The summed E-state index contributed by atoms with van der Waals surface area (Å²) in [5.74, 6) is -0.219. The summed E-state index contributed by atoms with van der Waals surface area (Å²) in [7, 11) is 3.25. The lowest BCUT2D eigenvalue weighted by Crippen LogP contribution is -2.32. The molecule has 5 nitrogen and oxygen atoms in total. The number of likely N-dealkylation sites (N-methyl/N-ethyl adjacent to an activating group) is 1. The number of hydrogen-bond acceptors (Lipinski definition) is 4. The van der Waals surface area contributed by atoms with Gasteiger partial charge in [0.05, 0.1) is 0 Å². The summed E-state index contributed by atoms with van der Waals surface area (Å²) in [6.45, 7) is 5.62. The number of carbonyl (C=O) groups excluding carboxylic acids is 2. The van der Waals surface area contributed by atoms with Gasteiger partial charge >= 0.3 is 5.97 Å². The van der Waals surface area contributed by atoms with Crippen LogP contribution in [-0.2, 0) is 14.3 Å². The van der Waals surface area contributed by atoms with Crippen LogP contribution in [0.2, 0.25) is 0 Å². The summed E-state index contributed by atoms with van der Waals surface area (Å²) in [5.41, 5.74) is 3.68. The molecule has 0 aliphatic heterocycles. The van der Waals surface area contributed by atoms with Crippen molar-refractivity contribution in [2.24, 2.45) is 0 Å². The van der Waals surface area contributed by atoms with Crippen LogP contribution in [-0.4, -0.2) is 37.5 Å². The summed E-state index contributed by atoms with van der Waals surface area (Å²) < 4.78 is 11.1. The molecule has 0 unspecified atom stereocenters. The Hall–Kier alpha value is -2.82. The van der Waals surface area contributed by atoms with Gasteiger partial charge in [0.1, 0.15) is 5.75 Å². The van der Waals surface area contributed by atoms with Gasteiger partial charge in [-0.05, 0) is 31.9 Å². The van der Waals surface area contributed by atoms with Crippen LogP contribution in [0, 0.1) is 20.8 Å². The average Bonchev–Trinajstić information content (AvgIpc) is 2.58. The Morgan fingerprint density at radius 2 is 1.58 bits per heavy atom. The normalized spacial score (nSPS) is 11.6. The van der Waals surface area contributed by atoms with E-state index in [0.717, 1.165) is 16.7 Å². The fourth-order valence-corrected chi connectivity index (χ4v) is 2.81. The fraction of sp³-hybridized carbons (Fsp3) is 0.333. The first-order valence-electron chi connectivity index (χ1n) is 8.46. The number of hydrogen-bond donors (Lipinski definition) is 0. The first-order valence-corrected chi connectivity index (χ1v) is 8.46. The molecular formula is C21H25NO4. The van der Waals surface area contributed by atoms with Crippen molar-refractivity contribution in [1.82, 2.24) is 4.90 Å². The summed E-state index contributed by atoms with van der Waals surface area (Å²) in [6.07, 6.45) is -0.984. The van der Waals surface area contributed by atoms with E-state index in [1.165, 1.54) is 4.90 Å². The summed E-state index contributed by atoms with van der Waals surface area (Å²) in [6, 6.07) is 13.0. The van der Waals surface area contributed by atoms with Gasteiger partial charge in [0.2, 0.25) is 6.10 Å². The molecule has 1 amide bonds. The highest BCUT2D eigenvalue weighted by Crippen LogP contribution is 2.25. The van der Waals surface area contributed by atoms with E-state index in [9.17, 15) is 9.59 Å². The first-order chi connectivity index (χ1) is 12.3. The molecule has 2 aromatic rings. The maximum absolute atomic E-state index is 12.4. The lowest BCUT2D eigenvalue weighted by atomic mass is 10.1. The van der Waals surface area contributed by atoms with Crippen molar-refractivity contribution in [3.05, 3.63) is 64.7 Å². The minimum Gasteiger partial charge on any atom is -0.481 e. The highest BCUT2D eigenvalue weighted by molar-refractivity contribution is 5.85. The second kappa shape index (κ2) is 8.52. The number of rotatable bonds is 6. The van der Waals surface area contributed by atoms with Gasteiger partial charge in [0.15, 0.2) is 6.61 Å². The topological polar surface area (TPSA) is 55.8 Å². The Kier molecular flexibility index (Phi) is 6.39. The third kappa shape index (κ3) is 4.85.